The molecule has 0 saturated heterocycles. The molecule has 0 unspecified atom stereocenters. The molecule has 0 N–H and O–H groups in total. The van der Waals surface area contributed by atoms with Gasteiger partial charge in [0.2, 0.25) is 0 Å². The maximum absolute atomic E-state index is 13.1. The minimum atomic E-state index is -0.153. The molecule has 0 aliphatic heterocycles. The fraction of sp³-hybridized carbons (Fsp3) is 0.757. The van der Waals surface area contributed by atoms with Crippen molar-refractivity contribution in [3.8, 4) is 0 Å². The van der Waals surface area contributed by atoms with Gasteiger partial charge in [-0.05, 0) is 135 Å². The van der Waals surface area contributed by atoms with Crippen LogP contribution in [-0.4, -0.2) is 12.1 Å². The molecule has 6 rings (SSSR count). The summed E-state index contributed by atoms with van der Waals surface area (Å²) in [5, 5.41) is 0. The van der Waals surface area contributed by atoms with Crippen molar-refractivity contribution in [1.29, 1.82) is 0 Å². The Kier molecular flexibility index (Phi) is 6.34. The van der Waals surface area contributed by atoms with E-state index in [1.165, 1.54) is 63.4 Å². The van der Waals surface area contributed by atoms with E-state index in [0.29, 0.717) is 33.1 Å². The van der Waals surface area contributed by atoms with Crippen LogP contribution in [0.5, 0.6) is 0 Å². The number of hydrogen-bond donors (Lipinski definition) is 0. The zero-order valence-electron chi connectivity index (χ0n) is 25.9. The molecule has 39 heavy (non-hydrogen) atoms. The Labute approximate surface area is 238 Å². The van der Waals surface area contributed by atoms with E-state index in [9.17, 15) is 4.79 Å². The molecule has 214 valence electrons. The van der Waals surface area contributed by atoms with Crippen molar-refractivity contribution in [2.45, 2.75) is 119 Å². The van der Waals surface area contributed by atoms with Gasteiger partial charge in [0.25, 0.3) is 0 Å². The molecule has 0 radical (unpaired) electrons. The molecule has 5 aliphatic rings. The summed E-state index contributed by atoms with van der Waals surface area (Å²) in [6.07, 6.45) is 13.1. The van der Waals surface area contributed by atoms with E-state index in [1.807, 2.05) is 30.3 Å². The van der Waals surface area contributed by atoms with E-state index in [1.54, 1.807) is 0 Å². The van der Waals surface area contributed by atoms with E-state index >= 15 is 0 Å². The topological polar surface area (TPSA) is 26.3 Å². The Balaban J connectivity index is 1.28. The van der Waals surface area contributed by atoms with Crippen LogP contribution in [0.15, 0.2) is 42.5 Å². The summed E-state index contributed by atoms with van der Waals surface area (Å²) in [5.74, 6) is 3.57. The number of fused-ring (bicyclic) bond motifs is 7. The smallest absolute Gasteiger partial charge is 0.338 e. The molecule has 0 amide bonds. The first-order valence-corrected chi connectivity index (χ1v) is 16.2. The van der Waals surface area contributed by atoms with Crippen LogP contribution in [0.25, 0.3) is 0 Å². The summed E-state index contributed by atoms with van der Waals surface area (Å²) in [5.41, 5.74) is 3.72. The molecule has 5 saturated carbocycles. The number of esters is 1. The largest absolute Gasteiger partial charge is 0.458 e. The summed E-state index contributed by atoms with van der Waals surface area (Å²) in [4.78, 5) is 13.1. The zero-order chi connectivity index (χ0) is 28.0. The molecule has 10 atom stereocenters. The monoisotopic (exact) mass is 530 g/mol. The molecular weight excluding hydrogens is 476 g/mol. The average molecular weight is 531 g/mol. The van der Waals surface area contributed by atoms with Gasteiger partial charge in [0.1, 0.15) is 6.10 Å². The summed E-state index contributed by atoms with van der Waals surface area (Å²) in [7, 11) is 0. The van der Waals surface area contributed by atoms with Crippen molar-refractivity contribution in [2.75, 3.05) is 0 Å². The lowest BCUT2D eigenvalue weighted by molar-refractivity contribution is -0.246. The van der Waals surface area contributed by atoms with Gasteiger partial charge in [0.15, 0.2) is 0 Å². The van der Waals surface area contributed by atoms with Crippen molar-refractivity contribution in [3.05, 3.63) is 48.0 Å². The predicted octanol–water partition coefficient (Wildman–Crippen LogP) is 9.89. The van der Waals surface area contributed by atoms with E-state index in [4.69, 9.17) is 4.74 Å². The standard InChI is InChI=1S/C37H54O2/c1-24(2)26-16-19-34(5)22-23-36(7)27(31(26)34)14-15-29-35(6)20-18-30(39-32(38)25-12-10-9-11-13-25)33(3,4)28(35)17-21-37(29,36)8/h9-13,26-31H,1,14-23H2,2-8H3/t26-,27+,28-,29+,30-,31+,34+,35-,36+,37+/m1/s1. The van der Waals surface area contributed by atoms with Crippen LogP contribution in [0.2, 0.25) is 0 Å². The van der Waals surface area contributed by atoms with Gasteiger partial charge in [-0.2, -0.15) is 0 Å². The molecule has 0 spiro atoms. The summed E-state index contributed by atoms with van der Waals surface area (Å²) >= 11 is 0. The van der Waals surface area contributed by atoms with Crippen LogP contribution in [0.1, 0.15) is 123 Å². The molecule has 0 heterocycles. The Bertz CT molecular complexity index is 1140. The summed E-state index contributed by atoms with van der Waals surface area (Å²) in [6, 6.07) is 9.57. The Morgan fingerprint density at radius 3 is 2.21 bits per heavy atom. The third-order valence-corrected chi connectivity index (χ3v) is 14.7. The highest BCUT2D eigenvalue weighted by Crippen LogP contribution is 2.77. The Hall–Kier alpha value is -1.57. The van der Waals surface area contributed by atoms with Gasteiger partial charge in [-0.15, -0.1) is 0 Å². The quantitative estimate of drug-likeness (QED) is 0.287. The van der Waals surface area contributed by atoms with Gasteiger partial charge in [-0.25, -0.2) is 4.79 Å². The second kappa shape index (κ2) is 8.96. The van der Waals surface area contributed by atoms with E-state index in [0.717, 1.165) is 30.1 Å². The average Bonchev–Trinajstić information content (AvgIpc) is 3.24. The van der Waals surface area contributed by atoms with Crippen LogP contribution in [0.4, 0.5) is 0 Å². The zero-order valence-corrected chi connectivity index (χ0v) is 25.9. The number of ether oxygens (including phenoxy) is 1. The number of hydrogen-bond acceptors (Lipinski definition) is 2. The first-order chi connectivity index (χ1) is 18.3. The summed E-state index contributed by atoms with van der Waals surface area (Å²) < 4.78 is 6.30. The van der Waals surface area contributed by atoms with E-state index < -0.39 is 0 Å². The van der Waals surface area contributed by atoms with Gasteiger partial charge in [0.05, 0.1) is 5.56 Å². The van der Waals surface area contributed by atoms with Crippen LogP contribution >= 0.6 is 0 Å². The summed E-state index contributed by atoms with van der Waals surface area (Å²) in [6.45, 7) is 22.4. The molecular formula is C37H54O2. The molecule has 0 aromatic heterocycles. The van der Waals surface area contributed by atoms with E-state index in [-0.39, 0.29) is 17.5 Å². The first-order valence-electron chi connectivity index (χ1n) is 16.2. The minimum Gasteiger partial charge on any atom is -0.458 e. The highest BCUT2D eigenvalue weighted by atomic mass is 16.5. The van der Waals surface area contributed by atoms with Gasteiger partial charge >= 0.3 is 5.97 Å². The fourth-order valence-corrected chi connectivity index (χ4v) is 12.4. The fourth-order valence-electron chi connectivity index (χ4n) is 12.4. The van der Waals surface area contributed by atoms with E-state index in [2.05, 4.69) is 55.0 Å². The van der Waals surface area contributed by atoms with Gasteiger partial charge in [-0.1, -0.05) is 71.9 Å². The minimum absolute atomic E-state index is 0.00948. The lowest BCUT2D eigenvalue weighted by atomic mass is 9.32. The lowest BCUT2D eigenvalue weighted by Crippen LogP contribution is -2.66. The lowest BCUT2D eigenvalue weighted by Gasteiger charge is -2.73. The second-order valence-corrected chi connectivity index (χ2v) is 16.5. The molecule has 2 nitrogen and oxygen atoms in total. The van der Waals surface area contributed by atoms with Crippen molar-refractivity contribution in [2.24, 2.45) is 56.7 Å². The van der Waals surface area contributed by atoms with Crippen molar-refractivity contribution in [1.82, 2.24) is 0 Å². The number of benzene rings is 1. The molecule has 1 aromatic rings. The molecule has 5 fully saturated rings. The number of carbonyl (C=O) groups excluding carboxylic acids is 1. The van der Waals surface area contributed by atoms with Crippen LogP contribution in [-0.2, 0) is 4.74 Å². The predicted molar refractivity (Wildman–Crippen MR) is 160 cm³/mol. The second-order valence-electron chi connectivity index (χ2n) is 16.5. The highest BCUT2D eigenvalue weighted by molar-refractivity contribution is 5.89. The third kappa shape index (κ3) is 3.74. The van der Waals surface area contributed by atoms with Crippen LogP contribution in [0.3, 0.4) is 0 Å². The Morgan fingerprint density at radius 2 is 1.51 bits per heavy atom. The normalized spacial score (nSPS) is 48.2. The first kappa shape index (κ1) is 27.6. The highest BCUT2D eigenvalue weighted by Gasteiger charge is 2.70. The number of allylic oxidation sites excluding steroid dienone is 1. The van der Waals surface area contributed by atoms with Crippen molar-refractivity contribution < 1.29 is 9.53 Å². The van der Waals surface area contributed by atoms with Crippen molar-refractivity contribution >= 4 is 5.97 Å². The molecule has 0 bridgehead atoms. The Morgan fingerprint density at radius 1 is 0.795 bits per heavy atom. The molecule has 5 aliphatic carbocycles. The molecule has 1 aromatic carbocycles. The van der Waals surface area contributed by atoms with Gasteiger partial charge in [-0.3, -0.25) is 0 Å². The van der Waals surface area contributed by atoms with Crippen molar-refractivity contribution in [3.63, 3.8) is 0 Å². The number of carbonyl (C=O) groups is 1. The third-order valence-electron chi connectivity index (χ3n) is 14.7. The maximum atomic E-state index is 13.1. The SMILES string of the molecule is C=C(C)[C@H]1CC[C@@]2(C)CC[C@@]3(C)[C@@H](CC[C@H]4[C@]5(C)CC[C@@H](OC(=O)c6ccccc6)C(C)(C)[C@H]5CC[C@@]43C)[C@H]12. The molecule has 2 heteroatoms. The maximum Gasteiger partial charge on any atom is 0.338 e. The van der Waals surface area contributed by atoms with Crippen LogP contribution in [0, 0.1) is 56.7 Å². The van der Waals surface area contributed by atoms with Gasteiger partial charge < -0.3 is 4.74 Å². The van der Waals surface area contributed by atoms with Gasteiger partial charge in [0, 0.05) is 5.41 Å². The van der Waals surface area contributed by atoms with Crippen LogP contribution < -0.4 is 0 Å². The number of rotatable bonds is 3.